The van der Waals surface area contributed by atoms with Gasteiger partial charge >= 0.3 is 6.09 Å². The molecule has 0 spiro atoms. The number of hydrogen-bond donors (Lipinski definition) is 1. The van der Waals surface area contributed by atoms with Gasteiger partial charge in [-0.05, 0) is 36.2 Å². The third kappa shape index (κ3) is 7.17. The Hall–Kier alpha value is -3.63. The molecule has 2 heterocycles. The van der Waals surface area contributed by atoms with Crippen LogP contribution < -0.4 is 10.7 Å². The second kappa shape index (κ2) is 11.7. The monoisotopic (exact) mass is 484 g/mol. The molecule has 1 aliphatic heterocycles. The van der Waals surface area contributed by atoms with Crippen molar-refractivity contribution in [1.29, 1.82) is 0 Å². The van der Waals surface area contributed by atoms with Crippen molar-refractivity contribution in [2.45, 2.75) is 12.8 Å². The molecule has 2 aromatic carbocycles. The van der Waals surface area contributed by atoms with Gasteiger partial charge in [0.2, 0.25) is 5.43 Å². The highest BCUT2D eigenvalue weighted by Crippen LogP contribution is 2.15. The van der Waals surface area contributed by atoms with Crippen LogP contribution in [0, 0.1) is 11.6 Å². The summed E-state index contributed by atoms with van der Waals surface area (Å²) in [6, 6.07) is 11.3. The van der Waals surface area contributed by atoms with Crippen molar-refractivity contribution in [3.8, 4) is 5.69 Å². The lowest BCUT2D eigenvalue weighted by Gasteiger charge is -2.26. The number of ether oxygens (including phenoxy) is 2. The van der Waals surface area contributed by atoms with Crippen molar-refractivity contribution in [3.05, 3.63) is 87.8 Å². The fourth-order valence-electron chi connectivity index (χ4n) is 3.77. The molecule has 1 N–H and O–H groups in total. The summed E-state index contributed by atoms with van der Waals surface area (Å²) in [6.07, 6.45) is 1.70. The maximum Gasteiger partial charge on any atom is 0.411 e. The number of halogens is 2. The number of nitrogens with one attached hydrogen (secondary N) is 1. The zero-order valence-electron chi connectivity index (χ0n) is 19.1. The molecule has 1 aromatic heterocycles. The van der Waals surface area contributed by atoms with Crippen molar-refractivity contribution in [2.75, 3.05) is 44.8 Å². The highest BCUT2D eigenvalue weighted by molar-refractivity contribution is 5.84. The fraction of sp³-hybridized carbons (Fsp3) is 0.320. The SMILES string of the molecule is O=C(Nc1cccc(Cc2nn(-c3cc(F)cc(F)c3)ccc2=O)c1)OCCCN1CCOCC1. The first-order chi connectivity index (χ1) is 17.0. The highest BCUT2D eigenvalue weighted by atomic mass is 19.1. The van der Waals surface area contributed by atoms with Gasteiger partial charge in [-0.3, -0.25) is 15.0 Å². The second-order valence-electron chi connectivity index (χ2n) is 8.14. The Bertz CT molecular complexity index is 1210. The molecule has 3 aromatic rings. The van der Waals surface area contributed by atoms with Crippen molar-refractivity contribution >= 4 is 11.8 Å². The molecule has 35 heavy (non-hydrogen) atoms. The van der Waals surface area contributed by atoms with E-state index in [2.05, 4.69) is 15.3 Å². The van der Waals surface area contributed by atoms with Gasteiger partial charge in [-0.1, -0.05) is 12.1 Å². The Morgan fingerprint density at radius 1 is 1.09 bits per heavy atom. The van der Waals surface area contributed by atoms with Gasteiger partial charge in [-0.15, -0.1) is 0 Å². The Labute approximate surface area is 201 Å². The molecule has 0 saturated carbocycles. The first kappa shape index (κ1) is 24.5. The van der Waals surface area contributed by atoms with Crippen LogP contribution in [0.1, 0.15) is 17.7 Å². The largest absolute Gasteiger partial charge is 0.449 e. The van der Waals surface area contributed by atoms with Gasteiger partial charge in [0.1, 0.15) is 17.3 Å². The number of nitrogens with zero attached hydrogens (tertiary/aromatic N) is 3. The van der Waals surface area contributed by atoms with Gasteiger partial charge < -0.3 is 9.47 Å². The van der Waals surface area contributed by atoms with Crippen LogP contribution in [0.25, 0.3) is 5.69 Å². The predicted molar refractivity (Wildman–Crippen MR) is 126 cm³/mol. The van der Waals surface area contributed by atoms with Crippen LogP contribution in [-0.2, 0) is 15.9 Å². The topological polar surface area (TPSA) is 85.7 Å². The van der Waals surface area contributed by atoms with Crippen LogP contribution >= 0.6 is 0 Å². The first-order valence-electron chi connectivity index (χ1n) is 11.3. The quantitative estimate of drug-likeness (QED) is 0.494. The predicted octanol–water partition coefficient (Wildman–Crippen LogP) is 3.37. The van der Waals surface area contributed by atoms with Gasteiger partial charge in [0, 0.05) is 50.1 Å². The Kier molecular flexibility index (Phi) is 8.17. The standard InChI is InChI=1S/C25H26F2N4O4/c26-19-15-20(27)17-22(16-19)31-7-5-24(32)23(29-31)14-18-3-1-4-21(13-18)28-25(33)35-10-2-6-30-8-11-34-12-9-30/h1,3-5,7,13,15-17H,2,6,8-12,14H2,(H,28,33). The maximum absolute atomic E-state index is 13.6. The maximum atomic E-state index is 13.6. The van der Waals surface area contributed by atoms with E-state index in [0.717, 1.165) is 63.0 Å². The zero-order valence-corrected chi connectivity index (χ0v) is 19.1. The Morgan fingerprint density at radius 3 is 2.63 bits per heavy atom. The summed E-state index contributed by atoms with van der Waals surface area (Å²) >= 11 is 0. The highest BCUT2D eigenvalue weighted by Gasteiger charge is 2.11. The summed E-state index contributed by atoms with van der Waals surface area (Å²) in [5.74, 6) is -1.48. The van der Waals surface area contributed by atoms with E-state index in [1.165, 1.54) is 16.9 Å². The normalized spacial score (nSPS) is 14.0. The average molecular weight is 485 g/mol. The smallest absolute Gasteiger partial charge is 0.411 e. The van der Waals surface area contributed by atoms with Crippen LogP contribution in [0.15, 0.2) is 59.5 Å². The molecule has 1 aliphatic rings. The minimum atomic E-state index is -0.742. The van der Waals surface area contributed by atoms with Crippen molar-refractivity contribution in [1.82, 2.24) is 14.7 Å². The Morgan fingerprint density at radius 2 is 1.86 bits per heavy atom. The first-order valence-corrected chi connectivity index (χ1v) is 11.3. The minimum Gasteiger partial charge on any atom is -0.449 e. The molecular formula is C25H26F2N4O4. The molecule has 0 bridgehead atoms. The molecule has 1 saturated heterocycles. The number of anilines is 1. The van der Waals surface area contributed by atoms with Gasteiger partial charge in [0.25, 0.3) is 0 Å². The average Bonchev–Trinajstić information content (AvgIpc) is 2.83. The third-order valence-corrected chi connectivity index (χ3v) is 5.49. The van der Waals surface area contributed by atoms with E-state index in [-0.39, 0.29) is 23.2 Å². The van der Waals surface area contributed by atoms with Crippen LogP contribution in [0.4, 0.5) is 19.3 Å². The van der Waals surface area contributed by atoms with Gasteiger partial charge in [0.05, 0.1) is 25.5 Å². The second-order valence-corrected chi connectivity index (χ2v) is 8.14. The molecule has 0 aliphatic carbocycles. The molecule has 1 amide bonds. The number of rotatable bonds is 8. The molecule has 0 radical (unpaired) electrons. The lowest BCUT2D eigenvalue weighted by Crippen LogP contribution is -2.37. The van der Waals surface area contributed by atoms with Crippen LogP contribution in [0.5, 0.6) is 0 Å². The van der Waals surface area contributed by atoms with E-state index >= 15 is 0 Å². The Balaban J connectivity index is 1.35. The summed E-state index contributed by atoms with van der Waals surface area (Å²) in [5, 5.41) is 6.94. The van der Waals surface area contributed by atoms with Crippen molar-refractivity contribution in [2.24, 2.45) is 0 Å². The number of carbonyl (C=O) groups excluding carboxylic acids is 1. The summed E-state index contributed by atoms with van der Waals surface area (Å²) in [6.45, 7) is 4.38. The number of carbonyl (C=O) groups is 1. The molecule has 1 fully saturated rings. The van der Waals surface area contributed by atoms with Crippen LogP contribution in [0.3, 0.4) is 0 Å². The number of aromatic nitrogens is 2. The van der Waals surface area contributed by atoms with E-state index < -0.39 is 17.7 Å². The molecule has 4 rings (SSSR count). The third-order valence-electron chi connectivity index (χ3n) is 5.49. The molecular weight excluding hydrogens is 458 g/mol. The number of benzene rings is 2. The van der Waals surface area contributed by atoms with E-state index in [1.54, 1.807) is 24.3 Å². The van der Waals surface area contributed by atoms with Crippen molar-refractivity contribution in [3.63, 3.8) is 0 Å². The molecule has 0 unspecified atom stereocenters. The van der Waals surface area contributed by atoms with E-state index in [0.29, 0.717) is 12.3 Å². The lowest BCUT2D eigenvalue weighted by molar-refractivity contribution is 0.0348. The van der Waals surface area contributed by atoms with E-state index in [9.17, 15) is 18.4 Å². The fourth-order valence-corrected chi connectivity index (χ4v) is 3.77. The summed E-state index contributed by atoms with van der Waals surface area (Å²) in [7, 11) is 0. The van der Waals surface area contributed by atoms with Crippen molar-refractivity contribution < 1.29 is 23.0 Å². The lowest BCUT2D eigenvalue weighted by atomic mass is 10.1. The van der Waals surface area contributed by atoms with Gasteiger partial charge in [0.15, 0.2) is 0 Å². The van der Waals surface area contributed by atoms with E-state index in [1.807, 2.05) is 0 Å². The van der Waals surface area contributed by atoms with E-state index in [4.69, 9.17) is 9.47 Å². The molecule has 10 heteroatoms. The number of amides is 1. The van der Waals surface area contributed by atoms with Crippen LogP contribution in [0.2, 0.25) is 0 Å². The summed E-state index contributed by atoms with van der Waals surface area (Å²) in [5.41, 5.74) is 1.29. The molecule has 0 atom stereocenters. The zero-order chi connectivity index (χ0) is 24.6. The van der Waals surface area contributed by atoms with Gasteiger partial charge in [-0.2, -0.15) is 5.10 Å². The number of hydrogen-bond acceptors (Lipinski definition) is 6. The molecule has 8 nitrogen and oxygen atoms in total. The molecule has 184 valence electrons. The summed E-state index contributed by atoms with van der Waals surface area (Å²) < 4.78 is 39.0. The van der Waals surface area contributed by atoms with Crippen LogP contribution in [-0.4, -0.2) is 60.2 Å². The summed E-state index contributed by atoms with van der Waals surface area (Å²) in [4.78, 5) is 26.8. The number of morpholine rings is 1. The van der Waals surface area contributed by atoms with Gasteiger partial charge in [-0.25, -0.2) is 18.3 Å². The minimum absolute atomic E-state index is 0.163.